The highest BCUT2D eigenvalue weighted by atomic mass is 35.5. The van der Waals surface area contributed by atoms with Crippen LogP contribution >= 0.6 is 11.6 Å². The van der Waals surface area contributed by atoms with Crippen LogP contribution in [0.1, 0.15) is 11.3 Å². The van der Waals surface area contributed by atoms with E-state index in [1.165, 1.54) is 6.08 Å². The van der Waals surface area contributed by atoms with Crippen molar-refractivity contribution in [3.05, 3.63) is 83.2 Å². The number of amides is 2. The second-order valence-electron chi connectivity index (χ2n) is 8.65. The standard InChI is InChI=1S/C28H25ClN4O5/c29-24-15-20(19-2-1-3-22(13-19)38-28(35)33-8-10-36-11-9-33)12-21-14-23(37-27(21)24)17-32-26(34)7-5-18-4-6-25(30)31-16-18/h1-7,12-16H,8-11,17H2,(H2,30,31)(H,32,34)/b7-5+. The lowest BCUT2D eigenvalue weighted by Crippen LogP contribution is -2.42. The summed E-state index contributed by atoms with van der Waals surface area (Å²) >= 11 is 6.53. The zero-order valence-corrected chi connectivity index (χ0v) is 21.1. The second-order valence-corrected chi connectivity index (χ2v) is 9.06. The Hall–Kier alpha value is -4.34. The van der Waals surface area contributed by atoms with Crippen LogP contribution < -0.4 is 15.8 Å². The molecule has 4 aromatic rings. The van der Waals surface area contributed by atoms with Crippen molar-refractivity contribution in [2.45, 2.75) is 6.54 Å². The molecule has 10 heteroatoms. The number of furan rings is 1. The van der Waals surface area contributed by atoms with E-state index in [4.69, 9.17) is 31.2 Å². The fourth-order valence-electron chi connectivity index (χ4n) is 3.99. The van der Waals surface area contributed by atoms with Gasteiger partial charge >= 0.3 is 6.09 Å². The van der Waals surface area contributed by atoms with Gasteiger partial charge in [0.15, 0.2) is 5.58 Å². The number of nitrogens with two attached hydrogens (primary N) is 1. The summed E-state index contributed by atoms with van der Waals surface area (Å²) in [6.45, 7) is 2.20. The normalized spacial score (nSPS) is 13.7. The van der Waals surface area contributed by atoms with Gasteiger partial charge in [0.25, 0.3) is 0 Å². The number of nitrogens with zero attached hydrogens (tertiary/aromatic N) is 2. The van der Waals surface area contributed by atoms with Crippen molar-refractivity contribution >= 4 is 46.5 Å². The molecule has 2 aromatic heterocycles. The number of fused-ring (bicyclic) bond motifs is 1. The average Bonchev–Trinajstić information content (AvgIpc) is 3.36. The largest absolute Gasteiger partial charge is 0.458 e. The molecule has 38 heavy (non-hydrogen) atoms. The van der Waals surface area contributed by atoms with Gasteiger partial charge in [-0.25, -0.2) is 9.78 Å². The summed E-state index contributed by atoms with van der Waals surface area (Å²) in [5, 5.41) is 4.01. The van der Waals surface area contributed by atoms with Gasteiger partial charge in [-0.3, -0.25) is 4.79 Å². The number of hydrogen-bond acceptors (Lipinski definition) is 7. The highest BCUT2D eigenvalue weighted by Gasteiger charge is 2.19. The van der Waals surface area contributed by atoms with E-state index in [-0.39, 0.29) is 12.5 Å². The van der Waals surface area contributed by atoms with Gasteiger partial charge in [-0.2, -0.15) is 0 Å². The molecule has 0 aliphatic carbocycles. The number of carbonyl (C=O) groups excluding carboxylic acids is 2. The first-order valence-corrected chi connectivity index (χ1v) is 12.4. The Morgan fingerprint density at radius 3 is 2.74 bits per heavy atom. The second kappa shape index (κ2) is 11.4. The number of hydrogen-bond donors (Lipinski definition) is 2. The molecule has 194 valence electrons. The summed E-state index contributed by atoms with van der Waals surface area (Å²) < 4.78 is 16.7. The lowest BCUT2D eigenvalue weighted by Gasteiger charge is -2.25. The molecule has 0 unspecified atom stereocenters. The first-order chi connectivity index (χ1) is 18.4. The molecule has 0 saturated carbocycles. The van der Waals surface area contributed by atoms with Crippen LogP contribution in [0.25, 0.3) is 28.2 Å². The average molecular weight is 533 g/mol. The Kier molecular flexibility index (Phi) is 7.57. The van der Waals surface area contributed by atoms with E-state index in [0.717, 1.165) is 22.1 Å². The molecule has 3 heterocycles. The SMILES string of the molecule is Nc1ccc(/C=C/C(=O)NCc2cc3cc(-c4cccc(OC(=O)N5CCOCC5)c4)cc(Cl)c3o2)cn1. The number of halogens is 1. The van der Waals surface area contributed by atoms with Crippen LogP contribution in [0.5, 0.6) is 5.75 Å². The molecule has 2 amide bonds. The first kappa shape index (κ1) is 25.3. The van der Waals surface area contributed by atoms with E-state index in [0.29, 0.717) is 54.2 Å². The summed E-state index contributed by atoms with van der Waals surface area (Å²) in [6, 6.07) is 16.3. The third-order valence-electron chi connectivity index (χ3n) is 5.94. The molecular formula is C28H25ClN4O5. The number of carbonyl (C=O) groups is 2. The predicted octanol–water partition coefficient (Wildman–Crippen LogP) is 4.89. The summed E-state index contributed by atoms with van der Waals surface area (Å²) in [5.41, 5.74) is 8.53. The monoisotopic (exact) mass is 532 g/mol. The molecule has 3 N–H and O–H groups in total. The van der Waals surface area contributed by atoms with Crippen molar-refractivity contribution in [3.8, 4) is 16.9 Å². The van der Waals surface area contributed by atoms with E-state index in [9.17, 15) is 9.59 Å². The summed E-state index contributed by atoms with van der Waals surface area (Å²) in [4.78, 5) is 30.3. The van der Waals surface area contributed by atoms with Crippen molar-refractivity contribution in [2.75, 3.05) is 32.0 Å². The molecule has 1 aliphatic rings. The van der Waals surface area contributed by atoms with Crippen LogP contribution in [0.2, 0.25) is 5.02 Å². The number of morpholine rings is 1. The summed E-state index contributed by atoms with van der Waals surface area (Å²) in [5.74, 6) is 1.13. The third kappa shape index (κ3) is 6.13. The van der Waals surface area contributed by atoms with Crippen LogP contribution in [0, 0.1) is 0 Å². The molecular weight excluding hydrogens is 508 g/mol. The molecule has 1 fully saturated rings. The highest BCUT2D eigenvalue weighted by molar-refractivity contribution is 6.35. The quantitative estimate of drug-likeness (QED) is 0.339. The lowest BCUT2D eigenvalue weighted by molar-refractivity contribution is -0.116. The van der Waals surface area contributed by atoms with Crippen LogP contribution in [0.15, 0.2) is 71.3 Å². The summed E-state index contributed by atoms with van der Waals surface area (Å²) in [6.07, 6.45) is 4.25. The molecule has 0 atom stereocenters. The Balaban J connectivity index is 1.26. The molecule has 9 nitrogen and oxygen atoms in total. The van der Waals surface area contributed by atoms with Crippen LogP contribution in [-0.4, -0.2) is 48.2 Å². The molecule has 0 radical (unpaired) electrons. The number of anilines is 1. The molecule has 2 aromatic carbocycles. The van der Waals surface area contributed by atoms with Gasteiger partial charge in [0.2, 0.25) is 5.91 Å². The lowest BCUT2D eigenvalue weighted by atomic mass is 10.0. The minimum absolute atomic E-state index is 0.191. The van der Waals surface area contributed by atoms with E-state index in [2.05, 4.69) is 10.3 Å². The minimum atomic E-state index is -0.402. The number of rotatable bonds is 6. The number of ether oxygens (including phenoxy) is 2. The summed E-state index contributed by atoms with van der Waals surface area (Å²) in [7, 11) is 0. The van der Waals surface area contributed by atoms with Gasteiger partial charge < -0.3 is 29.8 Å². The molecule has 1 aliphatic heterocycles. The minimum Gasteiger partial charge on any atom is -0.458 e. The van der Waals surface area contributed by atoms with Crippen molar-refractivity contribution in [1.29, 1.82) is 0 Å². The maximum absolute atomic E-state index is 12.5. The van der Waals surface area contributed by atoms with Gasteiger partial charge in [-0.1, -0.05) is 23.7 Å². The van der Waals surface area contributed by atoms with Crippen LogP contribution in [0.3, 0.4) is 0 Å². The van der Waals surface area contributed by atoms with Crippen molar-refractivity contribution < 1.29 is 23.5 Å². The van der Waals surface area contributed by atoms with Crippen molar-refractivity contribution in [1.82, 2.24) is 15.2 Å². The zero-order chi connectivity index (χ0) is 26.5. The smallest absolute Gasteiger partial charge is 0.415 e. The Labute approximate surface area is 223 Å². The van der Waals surface area contributed by atoms with Gasteiger partial charge in [0.05, 0.1) is 24.8 Å². The maximum atomic E-state index is 12.5. The Bertz CT molecular complexity index is 1490. The number of benzene rings is 2. The number of nitrogens with one attached hydrogen (secondary N) is 1. The molecule has 0 bridgehead atoms. The van der Waals surface area contributed by atoms with Gasteiger partial charge in [0.1, 0.15) is 17.3 Å². The fraction of sp³-hybridized carbons (Fsp3) is 0.179. The maximum Gasteiger partial charge on any atom is 0.415 e. The molecule has 5 rings (SSSR count). The van der Waals surface area contributed by atoms with Gasteiger partial charge in [-0.05, 0) is 65.2 Å². The van der Waals surface area contributed by atoms with Crippen molar-refractivity contribution in [3.63, 3.8) is 0 Å². The van der Waals surface area contributed by atoms with Crippen LogP contribution in [0.4, 0.5) is 10.6 Å². The van der Waals surface area contributed by atoms with Crippen LogP contribution in [-0.2, 0) is 16.1 Å². The van der Waals surface area contributed by atoms with E-state index in [1.807, 2.05) is 24.3 Å². The number of aromatic nitrogens is 1. The van der Waals surface area contributed by atoms with E-state index < -0.39 is 6.09 Å². The molecule has 1 saturated heterocycles. The highest BCUT2D eigenvalue weighted by Crippen LogP contribution is 2.34. The number of nitrogen functional groups attached to an aromatic ring is 1. The first-order valence-electron chi connectivity index (χ1n) is 12.0. The number of pyridine rings is 1. The van der Waals surface area contributed by atoms with Crippen molar-refractivity contribution in [2.24, 2.45) is 0 Å². The third-order valence-corrected chi connectivity index (χ3v) is 6.22. The van der Waals surface area contributed by atoms with Gasteiger partial charge in [0, 0.05) is 30.7 Å². The van der Waals surface area contributed by atoms with E-state index in [1.54, 1.807) is 47.5 Å². The predicted molar refractivity (Wildman–Crippen MR) is 145 cm³/mol. The Morgan fingerprint density at radius 1 is 1.11 bits per heavy atom. The van der Waals surface area contributed by atoms with Gasteiger partial charge in [-0.15, -0.1) is 0 Å². The fourth-order valence-corrected chi connectivity index (χ4v) is 4.25. The Morgan fingerprint density at radius 2 is 1.95 bits per heavy atom. The molecule has 0 spiro atoms. The topological polar surface area (TPSA) is 120 Å². The van der Waals surface area contributed by atoms with E-state index >= 15 is 0 Å². The zero-order valence-electron chi connectivity index (χ0n) is 20.4.